The normalized spacial score (nSPS) is 13.7. The second kappa shape index (κ2) is 3.95. The summed E-state index contributed by atoms with van der Waals surface area (Å²) in [5.74, 6) is -0.0117. The highest BCUT2D eigenvalue weighted by Gasteiger charge is 2.25. The van der Waals surface area contributed by atoms with E-state index in [4.69, 9.17) is 0 Å². The third-order valence-electron chi connectivity index (χ3n) is 2.47. The number of aryl methyl sites for hydroxylation is 1. The summed E-state index contributed by atoms with van der Waals surface area (Å²) in [6.45, 7) is 8.32. The number of hydrogen-bond donors (Lipinski definition) is 0. The van der Waals surface area contributed by atoms with Crippen molar-refractivity contribution >= 4 is 6.29 Å². The number of rotatable bonds is 2. The average molecular weight is 190 g/mol. The SMILES string of the molecule is Cc1cccc(C(C=O)C(C)(C)C)c1. The van der Waals surface area contributed by atoms with Gasteiger partial charge in [0.05, 0.1) is 0 Å². The Bertz CT molecular complexity index is 320. The van der Waals surface area contributed by atoms with Crippen LogP contribution in [0.2, 0.25) is 0 Å². The number of aldehydes is 1. The van der Waals surface area contributed by atoms with Crippen LogP contribution in [0, 0.1) is 12.3 Å². The molecule has 0 spiro atoms. The summed E-state index contributed by atoms with van der Waals surface area (Å²) in [5.41, 5.74) is 2.32. The maximum atomic E-state index is 11.1. The average Bonchev–Trinajstić information content (AvgIpc) is 2.02. The molecular weight excluding hydrogens is 172 g/mol. The lowest BCUT2D eigenvalue weighted by molar-refractivity contribution is -0.111. The van der Waals surface area contributed by atoms with Crippen molar-refractivity contribution in [2.24, 2.45) is 5.41 Å². The van der Waals surface area contributed by atoms with Crippen molar-refractivity contribution in [1.82, 2.24) is 0 Å². The van der Waals surface area contributed by atoms with E-state index >= 15 is 0 Å². The molecule has 0 amide bonds. The first-order chi connectivity index (χ1) is 6.45. The van der Waals surface area contributed by atoms with Crippen LogP contribution in [0.1, 0.15) is 37.8 Å². The monoisotopic (exact) mass is 190 g/mol. The van der Waals surface area contributed by atoms with E-state index < -0.39 is 0 Å². The van der Waals surface area contributed by atoms with Crippen molar-refractivity contribution in [1.29, 1.82) is 0 Å². The molecule has 0 heterocycles. The third-order valence-corrected chi connectivity index (χ3v) is 2.47. The largest absolute Gasteiger partial charge is 0.303 e. The second-order valence-corrected chi connectivity index (χ2v) is 4.89. The van der Waals surface area contributed by atoms with Crippen LogP contribution >= 0.6 is 0 Å². The van der Waals surface area contributed by atoms with Gasteiger partial charge in [-0.2, -0.15) is 0 Å². The van der Waals surface area contributed by atoms with Crippen molar-refractivity contribution in [2.45, 2.75) is 33.6 Å². The molecule has 0 fully saturated rings. The van der Waals surface area contributed by atoms with Gasteiger partial charge in [0.15, 0.2) is 0 Å². The van der Waals surface area contributed by atoms with Gasteiger partial charge in [-0.05, 0) is 17.9 Å². The minimum atomic E-state index is -0.0117. The van der Waals surface area contributed by atoms with Gasteiger partial charge in [0.2, 0.25) is 0 Å². The summed E-state index contributed by atoms with van der Waals surface area (Å²) in [4.78, 5) is 11.1. The number of benzene rings is 1. The fraction of sp³-hybridized carbons (Fsp3) is 0.462. The Kier molecular flexibility index (Phi) is 3.10. The van der Waals surface area contributed by atoms with Crippen LogP contribution < -0.4 is 0 Å². The van der Waals surface area contributed by atoms with Gasteiger partial charge in [0.1, 0.15) is 6.29 Å². The predicted octanol–water partition coefficient (Wildman–Crippen LogP) is 3.32. The first-order valence-electron chi connectivity index (χ1n) is 4.97. The highest BCUT2D eigenvalue weighted by molar-refractivity contribution is 5.63. The quantitative estimate of drug-likeness (QED) is 0.654. The molecule has 0 radical (unpaired) electrons. The molecule has 1 unspecified atom stereocenters. The van der Waals surface area contributed by atoms with Crippen LogP contribution in [0.5, 0.6) is 0 Å². The van der Waals surface area contributed by atoms with Gasteiger partial charge in [-0.1, -0.05) is 50.6 Å². The van der Waals surface area contributed by atoms with Crippen molar-refractivity contribution in [3.63, 3.8) is 0 Å². The Morgan fingerprint density at radius 3 is 2.36 bits per heavy atom. The zero-order chi connectivity index (χ0) is 10.8. The zero-order valence-electron chi connectivity index (χ0n) is 9.37. The summed E-state index contributed by atoms with van der Waals surface area (Å²) in [5, 5.41) is 0. The van der Waals surface area contributed by atoms with E-state index in [2.05, 4.69) is 26.8 Å². The molecule has 1 nitrogen and oxygen atoms in total. The molecule has 0 aliphatic rings. The summed E-state index contributed by atoms with van der Waals surface area (Å²) in [7, 11) is 0. The lowest BCUT2D eigenvalue weighted by Crippen LogP contribution is -2.19. The van der Waals surface area contributed by atoms with Crippen LogP contribution in [0.15, 0.2) is 24.3 Å². The molecule has 0 saturated heterocycles. The molecule has 0 aromatic heterocycles. The zero-order valence-corrected chi connectivity index (χ0v) is 9.37. The molecule has 0 aliphatic carbocycles. The van der Waals surface area contributed by atoms with Gasteiger partial charge in [0.25, 0.3) is 0 Å². The Morgan fingerprint density at radius 2 is 1.93 bits per heavy atom. The van der Waals surface area contributed by atoms with E-state index in [9.17, 15) is 4.79 Å². The Balaban J connectivity index is 3.07. The van der Waals surface area contributed by atoms with Gasteiger partial charge in [-0.25, -0.2) is 0 Å². The van der Waals surface area contributed by atoms with Gasteiger partial charge in [-0.3, -0.25) is 0 Å². The van der Waals surface area contributed by atoms with E-state index in [0.29, 0.717) is 0 Å². The van der Waals surface area contributed by atoms with Gasteiger partial charge in [0, 0.05) is 5.92 Å². The molecule has 0 N–H and O–H groups in total. The molecule has 0 bridgehead atoms. The fourth-order valence-electron chi connectivity index (χ4n) is 1.65. The molecule has 1 heteroatoms. The lowest BCUT2D eigenvalue weighted by atomic mass is 9.77. The van der Waals surface area contributed by atoms with Crippen LogP contribution in [0.25, 0.3) is 0 Å². The summed E-state index contributed by atoms with van der Waals surface area (Å²) < 4.78 is 0. The second-order valence-electron chi connectivity index (χ2n) is 4.89. The van der Waals surface area contributed by atoms with Crippen molar-refractivity contribution < 1.29 is 4.79 Å². The molecule has 0 saturated carbocycles. The smallest absolute Gasteiger partial charge is 0.127 e. The van der Waals surface area contributed by atoms with Crippen LogP contribution in [0.4, 0.5) is 0 Å². The first kappa shape index (κ1) is 11.0. The first-order valence-corrected chi connectivity index (χ1v) is 4.97. The topological polar surface area (TPSA) is 17.1 Å². The molecule has 1 rings (SSSR count). The van der Waals surface area contributed by atoms with E-state index in [-0.39, 0.29) is 11.3 Å². The Labute approximate surface area is 86.1 Å². The number of carbonyl (C=O) groups is 1. The maximum absolute atomic E-state index is 11.1. The highest BCUT2D eigenvalue weighted by Crippen LogP contribution is 2.33. The highest BCUT2D eigenvalue weighted by atomic mass is 16.1. The Hall–Kier alpha value is -1.11. The van der Waals surface area contributed by atoms with E-state index in [1.54, 1.807) is 0 Å². The lowest BCUT2D eigenvalue weighted by Gasteiger charge is -2.26. The summed E-state index contributed by atoms with van der Waals surface area (Å²) in [6.07, 6.45) is 1.05. The van der Waals surface area contributed by atoms with E-state index in [1.165, 1.54) is 5.56 Å². The molecule has 0 aliphatic heterocycles. The number of hydrogen-bond acceptors (Lipinski definition) is 1. The Morgan fingerprint density at radius 1 is 1.29 bits per heavy atom. The van der Waals surface area contributed by atoms with Crippen molar-refractivity contribution in [3.8, 4) is 0 Å². The van der Waals surface area contributed by atoms with E-state index in [0.717, 1.165) is 11.8 Å². The predicted molar refractivity (Wildman–Crippen MR) is 59.4 cm³/mol. The maximum Gasteiger partial charge on any atom is 0.127 e. The summed E-state index contributed by atoms with van der Waals surface area (Å²) >= 11 is 0. The number of carbonyl (C=O) groups excluding carboxylic acids is 1. The van der Waals surface area contributed by atoms with Crippen LogP contribution in [0.3, 0.4) is 0 Å². The molecule has 1 aromatic rings. The van der Waals surface area contributed by atoms with E-state index in [1.807, 2.05) is 25.1 Å². The van der Waals surface area contributed by atoms with Gasteiger partial charge in [-0.15, -0.1) is 0 Å². The minimum Gasteiger partial charge on any atom is -0.303 e. The summed E-state index contributed by atoms with van der Waals surface area (Å²) in [6, 6.07) is 8.17. The van der Waals surface area contributed by atoms with Crippen LogP contribution in [-0.2, 0) is 4.79 Å². The molecule has 1 aromatic carbocycles. The molecule has 14 heavy (non-hydrogen) atoms. The van der Waals surface area contributed by atoms with Gasteiger partial charge >= 0.3 is 0 Å². The third kappa shape index (κ3) is 2.44. The molecular formula is C13H18O. The molecule has 76 valence electrons. The fourth-order valence-corrected chi connectivity index (χ4v) is 1.65. The van der Waals surface area contributed by atoms with Crippen LogP contribution in [-0.4, -0.2) is 6.29 Å². The molecule has 1 atom stereocenters. The van der Waals surface area contributed by atoms with Crippen molar-refractivity contribution in [3.05, 3.63) is 35.4 Å². The van der Waals surface area contributed by atoms with Gasteiger partial charge < -0.3 is 4.79 Å². The minimum absolute atomic E-state index is 0.00442. The van der Waals surface area contributed by atoms with Crippen molar-refractivity contribution in [2.75, 3.05) is 0 Å². The standard InChI is InChI=1S/C13H18O/c1-10-6-5-7-11(8-10)12(9-14)13(2,3)4/h5-9,12H,1-4H3.